The number of rotatable bonds is 5. The average molecular weight is 319 g/mol. The van der Waals surface area contributed by atoms with Crippen LogP contribution in [0.4, 0.5) is 10.5 Å². The fourth-order valence-corrected chi connectivity index (χ4v) is 2.74. The third kappa shape index (κ3) is 4.57. The van der Waals surface area contributed by atoms with Crippen molar-refractivity contribution in [3.8, 4) is 0 Å². The van der Waals surface area contributed by atoms with E-state index in [0.717, 1.165) is 5.56 Å². The van der Waals surface area contributed by atoms with E-state index in [9.17, 15) is 13.2 Å². The monoisotopic (exact) mass is 319 g/mol. The molecule has 0 atom stereocenters. The van der Waals surface area contributed by atoms with Gasteiger partial charge in [0, 0.05) is 5.69 Å². The molecule has 0 unspecified atom stereocenters. The van der Waals surface area contributed by atoms with Crippen LogP contribution in [0.25, 0.3) is 0 Å². The minimum atomic E-state index is -3.63. The van der Waals surface area contributed by atoms with Crippen molar-refractivity contribution in [2.45, 2.75) is 11.8 Å². The quantitative estimate of drug-likeness (QED) is 0.737. The molecule has 0 fully saturated rings. The van der Waals surface area contributed by atoms with Gasteiger partial charge in [-0.1, -0.05) is 30.3 Å². The predicted molar refractivity (Wildman–Crippen MR) is 85.0 cm³/mol. The smallest absolute Gasteiger partial charge is 0.320 e. The molecule has 2 aromatic rings. The van der Waals surface area contributed by atoms with E-state index in [1.54, 1.807) is 24.3 Å². The first-order chi connectivity index (χ1) is 10.5. The lowest BCUT2D eigenvalue weighted by atomic mass is 10.2. The van der Waals surface area contributed by atoms with Crippen LogP contribution < -0.4 is 15.4 Å². The molecule has 0 aromatic heterocycles. The van der Waals surface area contributed by atoms with Gasteiger partial charge in [0.05, 0.1) is 11.6 Å². The van der Waals surface area contributed by atoms with Gasteiger partial charge in [0.15, 0.2) is 0 Å². The van der Waals surface area contributed by atoms with E-state index in [1.165, 1.54) is 12.1 Å². The van der Waals surface area contributed by atoms with E-state index in [4.69, 9.17) is 0 Å². The van der Waals surface area contributed by atoms with Crippen LogP contribution in [0, 0.1) is 6.92 Å². The summed E-state index contributed by atoms with van der Waals surface area (Å²) in [5.74, 6) is 0. The molecule has 116 valence electrons. The fourth-order valence-electron chi connectivity index (χ4n) is 1.79. The van der Waals surface area contributed by atoms with Gasteiger partial charge in [-0.2, -0.15) is 4.72 Å². The minimum Gasteiger partial charge on any atom is -0.324 e. The van der Waals surface area contributed by atoms with Crippen molar-refractivity contribution in [3.05, 3.63) is 60.2 Å². The van der Waals surface area contributed by atoms with Gasteiger partial charge in [0.2, 0.25) is 10.0 Å². The molecule has 0 saturated heterocycles. The van der Waals surface area contributed by atoms with Crippen LogP contribution >= 0.6 is 0 Å². The summed E-state index contributed by atoms with van der Waals surface area (Å²) in [6.45, 7) is 1.71. The topological polar surface area (TPSA) is 87.3 Å². The molecular weight excluding hydrogens is 302 g/mol. The molecule has 6 nitrogen and oxygen atoms in total. The lowest BCUT2D eigenvalue weighted by Crippen LogP contribution is -2.39. The second-order valence-electron chi connectivity index (χ2n) is 4.64. The average Bonchev–Trinajstić information content (AvgIpc) is 2.48. The van der Waals surface area contributed by atoms with Gasteiger partial charge in [-0.25, -0.2) is 13.2 Å². The molecule has 0 saturated carbocycles. The van der Waals surface area contributed by atoms with E-state index in [2.05, 4.69) is 15.4 Å². The number of benzene rings is 2. The number of hydrogen-bond acceptors (Lipinski definition) is 3. The molecule has 2 amide bonds. The number of anilines is 1. The predicted octanol–water partition coefficient (Wildman–Crippen LogP) is 2.05. The van der Waals surface area contributed by atoms with Gasteiger partial charge in [-0.15, -0.1) is 0 Å². The molecule has 0 aliphatic heterocycles. The Balaban J connectivity index is 1.85. The zero-order valence-corrected chi connectivity index (χ0v) is 12.9. The van der Waals surface area contributed by atoms with E-state index < -0.39 is 16.1 Å². The van der Waals surface area contributed by atoms with Crippen LogP contribution in [0.5, 0.6) is 0 Å². The molecule has 3 N–H and O–H groups in total. The lowest BCUT2D eigenvalue weighted by Gasteiger charge is -2.10. The van der Waals surface area contributed by atoms with Crippen molar-refractivity contribution in [2.75, 3.05) is 12.0 Å². The number of carbonyl (C=O) groups is 1. The summed E-state index contributed by atoms with van der Waals surface area (Å²) in [5.41, 5.74) is 1.66. The molecule has 0 spiro atoms. The molecule has 22 heavy (non-hydrogen) atoms. The maximum Gasteiger partial charge on any atom is 0.320 e. The second-order valence-corrected chi connectivity index (χ2v) is 6.40. The Bertz CT molecular complexity index is 746. The third-order valence-electron chi connectivity index (χ3n) is 2.84. The van der Waals surface area contributed by atoms with Crippen molar-refractivity contribution < 1.29 is 13.2 Å². The number of amides is 2. The Labute approximate surface area is 129 Å². The molecule has 0 aliphatic carbocycles. The highest BCUT2D eigenvalue weighted by molar-refractivity contribution is 7.89. The molecule has 0 radical (unpaired) electrons. The van der Waals surface area contributed by atoms with E-state index >= 15 is 0 Å². The van der Waals surface area contributed by atoms with Crippen LogP contribution in [-0.2, 0) is 10.0 Å². The Kier molecular flexibility index (Phi) is 5.13. The summed E-state index contributed by atoms with van der Waals surface area (Å²) >= 11 is 0. The SMILES string of the molecule is Cc1cccc(NC(=O)NCNS(=O)(=O)c2ccccc2)c1. The van der Waals surface area contributed by atoms with Gasteiger partial charge in [0.25, 0.3) is 0 Å². The molecule has 2 rings (SSSR count). The Hall–Kier alpha value is -2.38. The van der Waals surface area contributed by atoms with Crippen LogP contribution in [0.2, 0.25) is 0 Å². The first kappa shape index (κ1) is 16.0. The Morgan fingerprint density at radius 1 is 1.05 bits per heavy atom. The van der Waals surface area contributed by atoms with E-state index in [0.29, 0.717) is 5.69 Å². The number of sulfonamides is 1. The first-order valence-corrected chi connectivity index (χ1v) is 8.12. The summed E-state index contributed by atoms with van der Waals surface area (Å²) < 4.78 is 26.2. The number of urea groups is 1. The van der Waals surface area contributed by atoms with Crippen molar-refractivity contribution in [1.29, 1.82) is 0 Å². The maximum absolute atomic E-state index is 11.9. The van der Waals surface area contributed by atoms with E-state index in [1.807, 2.05) is 25.1 Å². The summed E-state index contributed by atoms with van der Waals surface area (Å²) in [5, 5.41) is 5.06. The fraction of sp³-hybridized carbons (Fsp3) is 0.133. The minimum absolute atomic E-state index is 0.149. The normalized spacial score (nSPS) is 11.0. The molecule has 0 aliphatic rings. The van der Waals surface area contributed by atoms with Crippen LogP contribution in [-0.4, -0.2) is 21.1 Å². The largest absolute Gasteiger partial charge is 0.324 e. The zero-order valence-electron chi connectivity index (χ0n) is 12.0. The third-order valence-corrected chi connectivity index (χ3v) is 4.26. The van der Waals surface area contributed by atoms with Gasteiger partial charge >= 0.3 is 6.03 Å². The van der Waals surface area contributed by atoms with Gasteiger partial charge in [-0.05, 0) is 36.8 Å². The standard InChI is InChI=1S/C15H17N3O3S/c1-12-6-5-7-13(10-12)18-15(19)16-11-17-22(20,21)14-8-3-2-4-9-14/h2-10,17H,11H2,1H3,(H2,16,18,19). The van der Waals surface area contributed by atoms with Crippen molar-refractivity contribution in [3.63, 3.8) is 0 Å². The summed E-state index contributed by atoms with van der Waals surface area (Å²) in [6.07, 6.45) is 0. The van der Waals surface area contributed by atoms with E-state index in [-0.39, 0.29) is 11.6 Å². The number of nitrogens with one attached hydrogen (secondary N) is 3. The van der Waals surface area contributed by atoms with Crippen molar-refractivity contribution in [1.82, 2.24) is 10.0 Å². The van der Waals surface area contributed by atoms with Gasteiger partial charge in [0.1, 0.15) is 0 Å². The Morgan fingerprint density at radius 2 is 1.77 bits per heavy atom. The first-order valence-electron chi connectivity index (χ1n) is 6.63. The number of hydrogen-bond donors (Lipinski definition) is 3. The van der Waals surface area contributed by atoms with Gasteiger partial charge < -0.3 is 10.6 Å². The van der Waals surface area contributed by atoms with Crippen molar-refractivity contribution >= 4 is 21.7 Å². The molecule has 0 heterocycles. The van der Waals surface area contributed by atoms with Crippen LogP contribution in [0.1, 0.15) is 5.56 Å². The number of carbonyl (C=O) groups excluding carboxylic acids is 1. The summed E-state index contributed by atoms with van der Waals surface area (Å²) in [6, 6.07) is 14.8. The van der Waals surface area contributed by atoms with Crippen molar-refractivity contribution in [2.24, 2.45) is 0 Å². The molecule has 0 bridgehead atoms. The molecule has 2 aromatic carbocycles. The number of aryl methyl sites for hydroxylation is 1. The molecule has 7 heteroatoms. The van der Waals surface area contributed by atoms with Crippen LogP contribution in [0.3, 0.4) is 0 Å². The summed E-state index contributed by atoms with van der Waals surface area (Å²) in [7, 11) is -3.63. The highest BCUT2D eigenvalue weighted by Gasteiger charge is 2.12. The highest BCUT2D eigenvalue weighted by Crippen LogP contribution is 2.09. The lowest BCUT2D eigenvalue weighted by molar-refractivity contribution is 0.252. The second kappa shape index (κ2) is 7.06. The Morgan fingerprint density at radius 3 is 2.45 bits per heavy atom. The molecular formula is C15H17N3O3S. The maximum atomic E-state index is 11.9. The zero-order chi connectivity index (χ0) is 16.0. The van der Waals surface area contributed by atoms with Crippen LogP contribution in [0.15, 0.2) is 59.5 Å². The highest BCUT2D eigenvalue weighted by atomic mass is 32.2. The van der Waals surface area contributed by atoms with Gasteiger partial charge in [-0.3, -0.25) is 0 Å². The summed E-state index contributed by atoms with van der Waals surface area (Å²) in [4.78, 5) is 11.8.